The number of nitrogens with two attached hydrogens (primary N) is 2. The van der Waals surface area contributed by atoms with E-state index in [-0.39, 0.29) is 0 Å². The lowest BCUT2D eigenvalue weighted by Crippen LogP contribution is -2.50. The van der Waals surface area contributed by atoms with Gasteiger partial charge in [0.25, 0.3) is 0 Å². The second-order valence-electron chi connectivity index (χ2n) is 3.75. The van der Waals surface area contributed by atoms with Gasteiger partial charge in [-0.25, -0.2) is 0 Å². The number of aldehydes is 1. The Hall–Kier alpha value is -0.410. The van der Waals surface area contributed by atoms with Crippen molar-refractivity contribution in [3.8, 4) is 0 Å². The molecule has 0 aliphatic carbocycles. The highest BCUT2D eigenvalue weighted by molar-refractivity contribution is 5.62. The summed E-state index contributed by atoms with van der Waals surface area (Å²) < 4.78 is 0. The second kappa shape index (κ2) is 7.04. The number of carbonyl (C=O) groups is 1. The Balaban J connectivity index is 3.20. The molecule has 0 amide bonds. The molecule has 0 aromatic carbocycles. The van der Waals surface area contributed by atoms with Gasteiger partial charge in [0.05, 0.1) is 0 Å². The molecule has 0 unspecified atom stereocenters. The summed E-state index contributed by atoms with van der Waals surface area (Å²) in [7, 11) is 0. The van der Waals surface area contributed by atoms with Crippen LogP contribution in [0.4, 0.5) is 0 Å². The van der Waals surface area contributed by atoms with Crippen LogP contribution in [0.25, 0.3) is 0 Å². The zero-order chi connectivity index (χ0) is 10.2. The van der Waals surface area contributed by atoms with Gasteiger partial charge >= 0.3 is 0 Å². The Morgan fingerprint density at radius 3 is 2.15 bits per heavy atom. The molecule has 0 bridgehead atoms. The van der Waals surface area contributed by atoms with Gasteiger partial charge in [0.2, 0.25) is 0 Å². The highest BCUT2D eigenvalue weighted by Crippen LogP contribution is 2.09. The fourth-order valence-electron chi connectivity index (χ4n) is 1.27. The molecule has 13 heavy (non-hydrogen) atoms. The van der Waals surface area contributed by atoms with Crippen molar-refractivity contribution < 1.29 is 4.79 Å². The van der Waals surface area contributed by atoms with E-state index in [1.165, 1.54) is 25.7 Å². The zero-order valence-corrected chi connectivity index (χ0v) is 8.59. The second-order valence-corrected chi connectivity index (χ2v) is 3.75. The van der Waals surface area contributed by atoms with Crippen LogP contribution < -0.4 is 11.5 Å². The minimum atomic E-state index is -1.09. The third-order valence-electron chi connectivity index (χ3n) is 2.18. The topological polar surface area (TPSA) is 69.1 Å². The quantitative estimate of drug-likeness (QED) is 0.343. The first-order chi connectivity index (χ1) is 6.12. The van der Waals surface area contributed by atoms with Gasteiger partial charge in [-0.2, -0.15) is 0 Å². The molecule has 0 heterocycles. The van der Waals surface area contributed by atoms with E-state index in [0.29, 0.717) is 12.7 Å². The van der Waals surface area contributed by atoms with Crippen molar-refractivity contribution in [3.05, 3.63) is 0 Å². The molecule has 0 radical (unpaired) electrons. The SMILES string of the molecule is CCCCCCCCC(N)(N)C=O. The van der Waals surface area contributed by atoms with Crippen LogP contribution in [0.1, 0.15) is 51.9 Å². The molecule has 0 saturated carbocycles. The van der Waals surface area contributed by atoms with Crippen molar-refractivity contribution >= 4 is 6.29 Å². The first-order valence-electron chi connectivity index (χ1n) is 5.16. The van der Waals surface area contributed by atoms with Gasteiger partial charge in [0.1, 0.15) is 5.66 Å². The van der Waals surface area contributed by atoms with Crippen molar-refractivity contribution in [1.82, 2.24) is 0 Å². The van der Waals surface area contributed by atoms with Gasteiger partial charge in [-0.3, -0.25) is 4.79 Å². The molecule has 3 heteroatoms. The van der Waals surface area contributed by atoms with Gasteiger partial charge in [0.15, 0.2) is 6.29 Å². The lowest BCUT2D eigenvalue weighted by molar-refractivity contribution is -0.112. The van der Waals surface area contributed by atoms with E-state index >= 15 is 0 Å². The minimum absolute atomic E-state index is 0.600. The van der Waals surface area contributed by atoms with Crippen LogP contribution in [0.2, 0.25) is 0 Å². The molecule has 4 N–H and O–H groups in total. The van der Waals surface area contributed by atoms with Crippen molar-refractivity contribution in [3.63, 3.8) is 0 Å². The highest BCUT2D eigenvalue weighted by Gasteiger charge is 2.15. The molecule has 0 atom stereocenters. The maximum Gasteiger partial charge on any atom is 0.154 e. The summed E-state index contributed by atoms with van der Waals surface area (Å²) in [5.41, 5.74) is 9.84. The van der Waals surface area contributed by atoms with E-state index in [9.17, 15) is 4.79 Å². The monoisotopic (exact) mass is 186 g/mol. The fraction of sp³-hybridized carbons (Fsp3) is 0.900. The third kappa shape index (κ3) is 7.94. The van der Waals surface area contributed by atoms with Crippen LogP contribution in [0, 0.1) is 0 Å². The number of hydrogen-bond acceptors (Lipinski definition) is 3. The van der Waals surface area contributed by atoms with Crippen LogP contribution in [-0.4, -0.2) is 11.9 Å². The summed E-state index contributed by atoms with van der Waals surface area (Å²) in [5.74, 6) is 0. The molecule has 0 rings (SSSR count). The molecule has 0 fully saturated rings. The molecular weight excluding hydrogens is 164 g/mol. The third-order valence-corrected chi connectivity index (χ3v) is 2.18. The normalized spacial score (nSPS) is 11.6. The predicted molar refractivity (Wildman–Crippen MR) is 55.2 cm³/mol. The van der Waals surface area contributed by atoms with Crippen molar-refractivity contribution in [2.45, 2.75) is 57.5 Å². The molecule has 78 valence electrons. The standard InChI is InChI=1S/C10H22N2O/c1-2-3-4-5-6-7-8-10(11,12)9-13/h9H,2-8,11-12H2,1H3. The van der Waals surface area contributed by atoms with E-state index in [4.69, 9.17) is 11.5 Å². The predicted octanol–water partition coefficient (Wildman–Crippen LogP) is 1.55. The van der Waals surface area contributed by atoms with E-state index in [2.05, 4.69) is 6.92 Å². The average molecular weight is 186 g/mol. The summed E-state index contributed by atoms with van der Waals surface area (Å²) >= 11 is 0. The van der Waals surface area contributed by atoms with Gasteiger partial charge in [-0.1, -0.05) is 39.0 Å². The molecular formula is C10H22N2O. The summed E-state index contributed by atoms with van der Waals surface area (Å²) in [6.07, 6.45) is 8.37. The Morgan fingerprint density at radius 1 is 1.08 bits per heavy atom. The number of unbranched alkanes of at least 4 members (excludes halogenated alkanes) is 5. The Labute approximate surface area is 80.9 Å². The van der Waals surface area contributed by atoms with Crippen molar-refractivity contribution in [2.75, 3.05) is 0 Å². The summed E-state index contributed by atoms with van der Waals surface area (Å²) in [6, 6.07) is 0. The minimum Gasteiger partial charge on any atom is -0.307 e. The van der Waals surface area contributed by atoms with Crippen LogP contribution in [0.15, 0.2) is 0 Å². The first-order valence-corrected chi connectivity index (χ1v) is 5.16. The molecule has 0 saturated heterocycles. The van der Waals surface area contributed by atoms with E-state index in [1.54, 1.807) is 0 Å². The van der Waals surface area contributed by atoms with Crippen LogP contribution >= 0.6 is 0 Å². The summed E-state index contributed by atoms with van der Waals surface area (Å²) in [4.78, 5) is 10.3. The lowest BCUT2D eigenvalue weighted by Gasteiger charge is -2.15. The van der Waals surface area contributed by atoms with Gasteiger partial charge in [0, 0.05) is 0 Å². The van der Waals surface area contributed by atoms with Crippen LogP contribution in [0.5, 0.6) is 0 Å². The summed E-state index contributed by atoms with van der Waals surface area (Å²) in [6.45, 7) is 2.19. The van der Waals surface area contributed by atoms with E-state index in [0.717, 1.165) is 12.8 Å². The van der Waals surface area contributed by atoms with Crippen LogP contribution in [0.3, 0.4) is 0 Å². The largest absolute Gasteiger partial charge is 0.307 e. The molecule has 0 aliphatic heterocycles. The Bertz CT molecular complexity index is 135. The molecule has 0 aromatic heterocycles. The number of hydrogen-bond donors (Lipinski definition) is 2. The Morgan fingerprint density at radius 2 is 1.62 bits per heavy atom. The van der Waals surface area contributed by atoms with Crippen molar-refractivity contribution in [1.29, 1.82) is 0 Å². The van der Waals surface area contributed by atoms with Crippen molar-refractivity contribution in [2.24, 2.45) is 11.5 Å². The summed E-state index contributed by atoms with van der Waals surface area (Å²) in [5, 5.41) is 0. The molecule has 0 spiro atoms. The number of rotatable bonds is 8. The van der Waals surface area contributed by atoms with Crippen LogP contribution in [-0.2, 0) is 4.79 Å². The van der Waals surface area contributed by atoms with Gasteiger partial charge < -0.3 is 11.5 Å². The van der Waals surface area contributed by atoms with Gasteiger partial charge in [-0.05, 0) is 12.8 Å². The van der Waals surface area contributed by atoms with E-state index < -0.39 is 5.66 Å². The van der Waals surface area contributed by atoms with Gasteiger partial charge in [-0.15, -0.1) is 0 Å². The Kier molecular flexibility index (Phi) is 6.82. The maximum absolute atomic E-state index is 10.3. The smallest absolute Gasteiger partial charge is 0.154 e. The van der Waals surface area contributed by atoms with E-state index in [1.807, 2.05) is 0 Å². The average Bonchev–Trinajstić information content (AvgIpc) is 2.11. The number of carbonyl (C=O) groups excluding carboxylic acids is 1. The highest BCUT2D eigenvalue weighted by atomic mass is 16.1. The zero-order valence-electron chi connectivity index (χ0n) is 8.59. The fourth-order valence-corrected chi connectivity index (χ4v) is 1.27. The maximum atomic E-state index is 10.3. The first kappa shape index (κ1) is 12.6. The lowest BCUT2D eigenvalue weighted by atomic mass is 10.0. The molecule has 0 aliphatic rings. The molecule has 0 aromatic rings. The molecule has 3 nitrogen and oxygen atoms in total.